The Balaban J connectivity index is 4.35. The van der Waals surface area contributed by atoms with E-state index in [0.29, 0.717) is 24.1 Å². The van der Waals surface area contributed by atoms with Gasteiger partial charge in [0.05, 0.1) is 27.7 Å². The molecule has 0 saturated heterocycles. The topological polar surface area (TPSA) is 94.1 Å². The van der Waals surface area contributed by atoms with Crippen molar-refractivity contribution in [3.8, 4) is 0 Å². The highest BCUT2D eigenvalue weighted by molar-refractivity contribution is 7.45. The summed E-state index contributed by atoms with van der Waals surface area (Å²) in [6, 6.07) is 0. The Labute approximate surface area is 326 Å². The highest BCUT2D eigenvalue weighted by atomic mass is 31.2. The van der Waals surface area contributed by atoms with E-state index >= 15 is 0 Å². The van der Waals surface area contributed by atoms with Crippen LogP contribution in [0, 0.1) is 0 Å². The van der Waals surface area contributed by atoms with Gasteiger partial charge in [0, 0.05) is 13.0 Å². The van der Waals surface area contributed by atoms with Crippen molar-refractivity contribution >= 4 is 13.8 Å². The van der Waals surface area contributed by atoms with Crippen molar-refractivity contribution in [1.82, 2.24) is 0 Å². The summed E-state index contributed by atoms with van der Waals surface area (Å²) < 4.78 is 34.5. The summed E-state index contributed by atoms with van der Waals surface area (Å²) in [4.78, 5) is 24.8. The van der Waals surface area contributed by atoms with E-state index in [9.17, 15) is 14.3 Å². The number of allylic oxidation sites excluding steroid dienone is 10. The second kappa shape index (κ2) is 37.1. The monoisotopic (exact) mass is 766 g/mol. The summed E-state index contributed by atoms with van der Waals surface area (Å²) in [6.45, 7) is 5.10. The lowest BCUT2D eigenvalue weighted by molar-refractivity contribution is -0.870. The Bertz CT molecular complexity index is 1030. The molecule has 0 aromatic rings. The first-order chi connectivity index (χ1) is 25.6. The fourth-order valence-electron chi connectivity index (χ4n) is 5.32. The first kappa shape index (κ1) is 51.2. The third-order valence-corrected chi connectivity index (χ3v) is 9.59. The van der Waals surface area contributed by atoms with Crippen molar-refractivity contribution in [3.05, 3.63) is 60.8 Å². The van der Waals surface area contributed by atoms with Crippen molar-refractivity contribution in [2.45, 2.75) is 161 Å². The van der Waals surface area contributed by atoms with Crippen LogP contribution in [-0.2, 0) is 27.9 Å². The largest absolute Gasteiger partial charge is 0.756 e. The summed E-state index contributed by atoms with van der Waals surface area (Å²) in [5.74, 6) is -0.327. The quantitative estimate of drug-likeness (QED) is 0.0203. The smallest absolute Gasteiger partial charge is 0.305 e. The van der Waals surface area contributed by atoms with Crippen LogP contribution in [0.3, 0.4) is 0 Å². The molecule has 308 valence electrons. The molecule has 0 saturated carbocycles. The van der Waals surface area contributed by atoms with Crippen LogP contribution < -0.4 is 4.89 Å². The van der Waals surface area contributed by atoms with Gasteiger partial charge in [0.25, 0.3) is 7.82 Å². The van der Waals surface area contributed by atoms with Gasteiger partial charge < -0.3 is 27.9 Å². The highest BCUT2D eigenvalue weighted by Crippen LogP contribution is 2.38. The molecule has 0 aromatic heterocycles. The normalized spacial score (nSPS) is 14.5. The van der Waals surface area contributed by atoms with E-state index in [4.69, 9.17) is 18.5 Å². The number of esters is 1. The van der Waals surface area contributed by atoms with Gasteiger partial charge in [-0.25, -0.2) is 0 Å². The van der Waals surface area contributed by atoms with Crippen LogP contribution >= 0.6 is 7.82 Å². The summed E-state index contributed by atoms with van der Waals surface area (Å²) in [5, 5.41) is 0. The lowest BCUT2D eigenvalue weighted by Gasteiger charge is -2.28. The lowest BCUT2D eigenvalue weighted by Crippen LogP contribution is -2.37. The zero-order valence-electron chi connectivity index (χ0n) is 34.7. The number of unbranched alkanes of at least 4 members (excludes halogenated alkanes) is 14. The summed E-state index contributed by atoms with van der Waals surface area (Å²) in [6.07, 6.45) is 45.3. The van der Waals surface area contributed by atoms with Gasteiger partial charge in [0.15, 0.2) is 0 Å². The first-order valence-electron chi connectivity index (χ1n) is 21.0. The number of quaternary nitrogens is 1. The molecule has 0 bridgehead atoms. The van der Waals surface area contributed by atoms with E-state index in [1.807, 2.05) is 21.1 Å². The van der Waals surface area contributed by atoms with Crippen LogP contribution in [0.25, 0.3) is 0 Å². The Morgan fingerprint density at radius 1 is 0.604 bits per heavy atom. The van der Waals surface area contributed by atoms with Gasteiger partial charge in [-0.2, -0.15) is 0 Å². The average molecular weight is 766 g/mol. The van der Waals surface area contributed by atoms with Crippen LogP contribution in [0.15, 0.2) is 60.8 Å². The van der Waals surface area contributed by atoms with Gasteiger partial charge in [0.1, 0.15) is 25.9 Å². The molecule has 0 aliphatic rings. The first-order valence-corrected chi connectivity index (χ1v) is 22.5. The van der Waals surface area contributed by atoms with Gasteiger partial charge in [-0.1, -0.05) is 158 Å². The van der Waals surface area contributed by atoms with Gasteiger partial charge >= 0.3 is 5.97 Å². The van der Waals surface area contributed by atoms with Crippen molar-refractivity contribution in [3.63, 3.8) is 0 Å². The lowest BCUT2D eigenvalue weighted by atomic mass is 10.0. The molecule has 0 aliphatic heterocycles. The highest BCUT2D eigenvalue weighted by Gasteiger charge is 2.19. The van der Waals surface area contributed by atoms with Gasteiger partial charge in [-0.3, -0.25) is 9.36 Å². The van der Waals surface area contributed by atoms with Crippen molar-refractivity contribution in [2.24, 2.45) is 0 Å². The molecule has 9 heteroatoms. The number of nitrogens with zero attached hydrogens (tertiary/aromatic N) is 1. The third kappa shape index (κ3) is 41.2. The Hall–Kier alpha value is -1.80. The van der Waals surface area contributed by atoms with Gasteiger partial charge in [-0.15, -0.1) is 0 Å². The molecular formula is C44H80NO7P. The predicted octanol–water partition coefficient (Wildman–Crippen LogP) is 11.5. The second-order valence-electron chi connectivity index (χ2n) is 15.0. The van der Waals surface area contributed by atoms with Crippen molar-refractivity contribution in [1.29, 1.82) is 0 Å². The van der Waals surface area contributed by atoms with Crippen molar-refractivity contribution in [2.75, 3.05) is 54.1 Å². The molecule has 0 N–H and O–H groups in total. The number of phosphoric ester groups is 1. The van der Waals surface area contributed by atoms with Crippen LogP contribution in [0.4, 0.5) is 0 Å². The van der Waals surface area contributed by atoms with E-state index in [1.165, 1.54) is 70.6 Å². The zero-order chi connectivity index (χ0) is 39.1. The summed E-state index contributed by atoms with van der Waals surface area (Å²) in [5.41, 5.74) is 0. The minimum atomic E-state index is -4.50. The van der Waals surface area contributed by atoms with Crippen molar-refractivity contribution < 1.29 is 37.3 Å². The van der Waals surface area contributed by atoms with E-state index in [2.05, 4.69) is 74.6 Å². The van der Waals surface area contributed by atoms with E-state index in [1.54, 1.807) is 0 Å². The third-order valence-electron chi connectivity index (χ3n) is 8.62. The Kier molecular flexibility index (Phi) is 35.9. The molecule has 2 atom stereocenters. The number of hydrogen-bond acceptors (Lipinski definition) is 7. The maximum atomic E-state index is 12.4. The standard InChI is InChI=1S/C44H80NO7P/c1-6-8-10-12-14-16-18-20-22-23-24-25-27-29-31-33-35-37-44(46)50-41-43(42-52-53(47,48)51-40-38-45(3,4)5)49-39-36-34-32-30-28-26-21-19-17-15-13-11-9-7-2/h8,10,14,16,20,22,24-25,29,31,43H,6-7,9,11-13,15,17-19,21,23,26-28,30,32-42H2,1-5H3/b10-8-,16-14-,22-20-,25-24-,31-29-/t43-/m1/s1. The van der Waals surface area contributed by atoms with Crippen LogP contribution in [0.5, 0.6) is 0 Å². The van der Waals surface area contributed by atoms with E-state index in [-0.39, 0.29) is 32.2 Å². The molecule has 53 heavy (non-hydrogen) atoms. The van der Waals surface area contributed by atoms with E-state index in [0.717, 1.165) is 57.8 Å². The SMILES string of the molecule is CC/C=C\C/C=C\C/C=C\C/C=C\C/C=C\CCCC(=O)OC[C@H](COP(=O)([O-])OCC[N+](C)(C)C)OCCCCCCCCCCCCCCCC. The van der Waals surface area contributed by atoms with E-state index < -0.39 is 13.9 Å². The fraction of sp³-hybridized carbons (Fsp3) is 0.750. The van der Waals surface area contributed by atoms with Gasteiger partial charge in [-0.05, 0) is 51.4 Å². The summed E-state index contributed by atoms with van der Waals surface area (Å²) >= 11 is 0. The number of hydrogen-bond donors (Lipinski definition) is 0. The van der Waals surface area contributed by atoms with Crippen LogP contribution in [0.1, 0.15) is 155 Å². The Morgan fingerprint density at radius 3 is 1.57 bits per heavy atom. The number of ether oxygens (including phenoxy) is 2. The Morgan fingerprint density at radius 2 is 1.08 bits per heavy atom. The molecule has 0 aromatic carbocycles. The maximum Gasteiger partial charge on any atom is 0.305 e. The van der Waals surface area contributed by atoms with Crippen LogP contribution in [0.2, 0.25) is 0 Å². The fourth-order valence-corrected chi connectivity index (χ4v) is 6.05. The predicted molar refractivity (Wildman–Crippen MR) is 222 cm³/mol. The zero-order valence-corrected chi connectivity index (χ0v) is 35.6. The summed E-state index contributed by atoms with van der Waals surface area (Å²) in [7, 11) is 1.37. The van der Waals surface area contributed by atoms with Gasteiger partial charge in [0.2, 0.25) is 0 Å². The number of likely N-dealkylation sites (N-methyl/N-ethyl adjacent to an activating group) is 1. The number of carbonyl (C=O) groups is 1. The average Bonchev–Trinajstić information content (AvgIpc) is 3.11. The second-order valence-corrected chi connectivity index (χ2v) is 16.4. The maximum absolute atomic E-state index is 12.4. The molecule has 0 heterocycles. The molecule has 1 unspecified atom stereocenters. The molecule has 0 fully saturated rings. The molecule has 0 amide bonds. The minimum absolute atomic E-state index is 0.0295. The minimum Gasteiger partial charge on any atom is -0.756 e. The molecule has 0 radical (unpaired) electrons. The molecule has 0 spiro atoms. The number of carbonyl (C=O) groups excluding carboxylic acids is 1. The molecule has 8 nitrogen and oxygen atoms in total. The number of phosphoric acid groups is 1. The van der Waals surface area contributed by atoms with Crippen LogP contribution in [-0.4, -0.2) is 70.7 Å². The molecule has 0 rings (SSSR count). The molecular weight excluding hydrogens is 685 g/mol. The number of rotatable bonds is 38. The molecule has 0 aliphatic carbocycles.